The number of aryl methyl sites for hydroxylation is 2. The van der Waals surface area contributed by atoms with Crippen LogP contribution in [0, 0.1) is 6.92 Å². The van der Waals surface area contributed by atoms with E-state index >= 15 is 0 Å². The van der Waals surface area contributed by atoms with Gasteiger partial charge in [0.25, 0.3) is 0 Å². The van der Waals surface area contributed by atoms with Crippen LogP contribution in [0.2, 0.25) is 0 Å². The highest BCUT2D eigenvalue weighted by Gasteiger charge is 2.18. The molecule has 0 amide bonds. The number of rotatable bonds is 6. The number of furan rings is 1. The van der Waals surface area contributed by atoms with E-state index in [-0.39, 0.29) is 5.88 Å². The molecule has 0 radical (unpaired) electrons. The van der Waals surface area contributed by atoms with Gasteiger partial charge in [-0.1, -0.05) is 26.2 Å². The Labute approximate surface area is 142 Å². The fraction of sp³-hybridized carbons (Fsp3) is 0.368. The number of nitrogen functional groups attached to an aromatic ring is 2. The van der Waals surface area contributed by atoms with E-state index in [9.17, 15) is 0 Å². The predicted molar refractivity (Wildman–Crippen MR) is 98.6 cm³/mol. The fourth-order valence-corrected chi connectivity index (χ4v) is 3.04. The van der Waals surface area contributed by atoms with Gasteiger partial charge in [-0.15, -0.1) is 0 Å². The molecule has 0 aliphatic carbocycles. The third-order valence-electron chi connectivity index (χ3n) is 4.33. The molecule has 0 spiro atoms. The van der Waals surface area contributed by atoms with E-state index < -0.39 is 0 Å². The maximum Gasteiger partial charge on any atom is 0.214 e. The summed E-state index contributed by atoms with van der Waals surface area (Å²) in [4.78, 5) is 8.87. The van der Waals surface area contributed by atoms with Crippen molar-refractivity contribution in [3.63, 3.8) is 0 Å². The van der Waals surface area contributed by atoms with E-state index in [1.54, 1.807) is 6.20 Å². The highest BCUT2D eigenvalue weighted by Crippen LogP contribution is 2.38. The first kappa shape index (κ1) is 16.3. The summed E-state index contributed by atoms with van der Waals surface area (Å²) >= 11 is 0. The number of pyridine rings is 2. The van der Waals surface area contributed by atoms with Crippen molar-refractivity contribution >= 4 is 22.5 Å². The molecule has 3 aromatic heterocycles. The first-order chi connectivity index (χ1) is 11.6. The quantitative estimate of drug-likeness (QED) is 0.652. The van der Waals surface area contributed by atoms with Gasteiger partial charge in [0.1, 0.15) is 11.4 Å². The molecule has 0 saturated heterocycles. The van der Waals surface area contributed by atoms with Crippen molar-refractivity contribution in [1.82, 2.24) is 9.97 Å². The largest absolute Gasteiger partial charge is 0.436 e. The van der Waals surface area contributed by atoms with Crippen LogP contribution in [0.3, 0.4) is 0 Å². The van der Waals surface area contributed by atoms with E-state index in [0.29, 0.717) is 11.3 Å². The van der Waals surface area contributed by atoms with Crippen molar-refractivity contribution in [2.45, 2.75) is 46.0 Å². The standard InChI is InChI=1S/C19H24N4O/c1-3-4-5-6-7-14-11-23-17(13-8-9-22-12(2)10-13)18-15(14)16(20)19(21)24-18/h8-11H,3-7,20-21H2,1-2H3. The summed E-state index contributed by atoms with van der Waals surface area (Å²) in [5, 5.41) is 0.906. The van der Waals surface area contributed by atoms with Gasteiger partial charge in [-0.05, 0) is 37.5 Å². The summed E-state index contributed by atoms with van der Waals surface area (Å²) in [5.74, 6) is 0.264. The molecule has 5 nitrogen and oxygen atoms in total. The van der Waals surface area contributed by atoms with Crippen molar-refractivity contribution in [1.29, 1.82) is 0 Å². The van der Waals surface area contributed by atoms with Crippen LogP contribution < -0.4 is 11.5 Å². The lowest BCUT2D eigenvalue weighted by Crippen LogP contribution is -1.95. The molecule has 5 heteroatoms. The smallest absolute Gasteiger partial charge is 0.214 e. The van der Waals surface area contributed by atoms with Crippen LogP contribution in [-0.2, 0) is 6.42 Å². The molecule has 24 heavy (non-hydrogen) atoms. The van der Waals surface area contributed by atoms with Crippen LogP contribution in [-0.4, -0.2) is 9.97 Å². The molecule has 0 aliphatic rings. The molecule has 0 aliphatic heterocycles. The fourth-order valence-electron chi connectivity index (χ4n) is 3.04. The van der Waals surface area contributed by atoms with Gasteiger partial charge in [-0.2, -0.15) is 0 Å². The molecule has 4 N–H and O–H groups in total. The molecular formula is C19H24N4O. The zero-order valence-corrected chi connectivity index (χ0v) is 14.3. The van der Waals surface area contributed by atoms with E-state index in [2.05, 4.69) is 16.9 Å². The van der Waals surface area contributed by atoms with Crippen LogP contribution >= 0.6 is 0 Å². The lowest BCUT2D eigenvalue weighted by Gasteiger charge is -2.07. The number of anilines is 2. The second-order valence-corrected chi connectivity index (χ2v) is 6.21. The summed E-state index contributed by atoms with van der Waals surface area (Å²) in [6, 6.07) is 3.90. The van der Waals surface area contributed by atoms with Crippen LogP contribution in [0.5, 0.6) is 0 Å². The highest BCUT2D eigenvalue weighted by atomic mass is 16.3. The number of nitrogens with two attached hydrogens (primary N) is 2. The SMILES string of the molecule is CCCCCCc1cnc(-c2ccnc(C)c2)c2oc(N)c(N)c12. The van der Waals surface area contributed by atoms with E-state index in [4.69, 9.17) is 15.9 Å². The van der Waals surface area contributed by atoms with Crippen molar-refractivity contribution in [3.8, 4) is 11.3 Å². The van der Waals surface area contributed by atoms with Gasteiger partial charge in [-0.3, -0.25) is 9.97 Å². The average Bonchev–Trinajstić information content (AvgIpc) is 2.87. The Bertz CT molecular complexity index is 854. The Kier molecular flexibility index (Phi) is 4.69. The molecule has 3 aromatic rings. The normalized spacial score (nSPS) is 11.2. The van der Waals surface area contributed by atoms with Crippen LogP contribution in [0.1, 0.15) is 43.9 Å². The van der Waals surface area contributed by atoms with Crippen molar-refractivity contribution in [2.24, 2.45) is 0 Å². The van der Waals surface area contributed by atoms with Crippen LogP contribution in [0.15, 0.2) is 28.9 Å². The Balaban J connectivity index is 2.06. The number of nitrogens with zero attached hydrogens (tertiary/aromatic N) is 2. The third-order valence-corrected chi connectivity index (χ3v) is 4.33. The number of fused-ring (bicyclic) bond motifs is 1. The molecule has 0 unspecified atom stereocenters. The summed E-state index contributed by atoms with van der Waals surface area (Å²) in [6.07, 6.45) is 9.39. The van der Waals surface area contributed by atoms with E-state index in [1.165, 1.54) is 19.3 Å². The van der Waals surface area contributed by atoms with Gasteiger partial charge in [0.2, 0.25) is 5.88 Å². The molecule has 0 atom stereocenters. The first-order valence-corrected chi connectivity index (χ1v) is 8.50. The van der Waals surface area contributed by atoms with Gasteiger partial charge in [0.15, 0.2) is 5.58 Å². The Morgan fingerprint density at radius 2 is 1.96 bits per heavy atom. The minimum absolute atomic E-state index is 0.264. The van der Waals surface area contributed by atoms with Crippen LogP contribution in [0.4, 0.5) is 11.6 Å². The molecule has 0 fully saturated rings. The van der Waals surface area contributed by atoms with Crippen molar-refractivity contribution < 1.29 is 4.42 Å². The van der Waals surface area contributed by atoms with Crippen molar-refractivity contribution in [3.05, 3.63) is 35.8 Å². The van der Waals surface area contributed by atoms with Gasteiger partial charge in [-0.25, -0.2) is 0 Å². The number of hydrogen-bond donors (Lipinski definition) is 2. The van der Waals surface area contributed by atoms with E-state index in [1.807, 2.05) is 25.3 Å². The van der Waals surface area contributed by atoms with E-state index in [0.717, 1.165) is 40.7 Å². The molecule has 126 valence electrons. The highest BCUT2D eigenvalue weighted by molar-refractivity contribution is 6.03. The summed E-state index contributed by atoms with van der Waals surface area (Å²) in [7, 11) is 0. The molecular weight excluding hydrogens is 300 g/mol. The number of unbranched alkanes of at least 4 members (excludes halogenated alkanes) is 3. The topological polar surface area (TPSA) is 91.0 Å². The number of hydrogen-bond acceptors (Lipinski definition) is 5. The molecule has 0 aromatic carbocycles. The molecule has 0 bridgehead atoms. The van der Waals surface area contributed by atoms with Gasteiger partial charge in [0, 0.05) is 23.7 Å². The third kappa shape index (κ3) is 3.07. The Hall–Kier alpha value is -2.56. The summed E-state index contributed by atoms with van der Waals surface area (Å²) in [5.41, 5.74) is 17.1. The molecule has 3 rings (SSSR count). The minimum atomic E-state index is 0.264. The second-order valence-electron chi connectivity index (χ2n) is 6.21. The molecule has 0 saturated carbocycles. The zero-order chi connectivity index (χ0) is 17.1. The van der Waals surface area contributed by atoms with Gasteiger partial charge < -0.3 is 15.9 Å². The maximum atomic E-state index is 6.19. The predicted octanol–water partition coefficient (Wildman–Crippen LogP) is 4.49. The summed E-state index contributed by atoms with van der Waals surface area (Å²) in [6.45, 7) is 4.16. The molecule has 3 heterocycles. The monoisotopic (exact) mass is 324 g/mol. The first-order valence-electron chi connectivity index (χ1n) is 8.50. The lowest BCUT2D eigenvalue weighted by atomic mass is 10.0. The Morgan fingerprint density at radius 1 is 1.12 bits per heavy atom. The second kappa shape index (κ2) is 6.91. The van der Waals surface area contributed by atoms with Crippen molar-refractivity contribution in [2.75, 3.05) is 11.5 Å². The Morgan fingerprint density at radius 3 is 2.71 bits per heavy atom. The van der Waals surface area contributed by atoms with Gasteiger partial charge >= 0.3 is 0 Å². The average molecular weight is 324 g/mol. The van der Waals surface area contributed by atoms with Crippen LogP contribution in [0.25, 0.3) is 22.2 Å². The minimum Gasteiger partial charge on any atom is -0.436 e. The zero-order valence-electron chi connectivity index (χ0n) is 14.3. The van der Waals surface area contributed by atoms with Gasteiger partial charge in [0.05, 0.1) is 5.39 Å². The summed E-state index contributed by atoms with van der Waals surface area (Å²) < 4.78 is 5.76. The number of aromatic nitrogens is 2. The lowest BCUT2D eigenvalue weighted by molar-refractivity contribution is 0.636. The maximum absolute atomic E-state index is 6.19.